The van der Waals surface area contributed by atoms with Crippen molar-refractivity contribution >= 4 is 35.0 Å². The number of rotatable bonds is 3. The third-order valence-corrected chi connectivity index (χ3v) is 4.26. The summed E-state index contributed by atoms with van der Waals surface area (Å²) in [5.41, 5.74) is 3.98. The van der Waals surface area contributed by atoms with Crippen molar-refractivity contribution in [2.75, 3.05) is 0 Å². The van der Waals surface area contributed by atoms with Crippen molar-refractivity contribution in [2.24, 2.45) is 0 Å². The predicted octanol–water partition coefficient (Wildman–Crippen LogP) is 5.14. The second-order valence-corrected chi connectivity index (χ2v) is 7.83. The Morgan fingerprint density at radius 1 is 0.962 bits per heavy atom. The van der Waals surface area contributed by atoms with E-state index in [2.05, 4.69) is 5.43 Å². The molecule has 26 heavy (non-hydrogen) atoms. The first kappa shape index (κ1) is 20.3. The highest BCUT2D eigenvalue weighted by Crippen LogP contribution is 2.22. The molecule has 0 saturated heterocycles. The van der Waals surface area contributed by atoms with Gasteiger partial charge in [-0.05, 0) is 63.1 Å². The fourth-order valence-electron chi connectivity index (χ4n) is 2.39. The minimum Gasteiger partial charge on any atom is -0.267 e. The van der Waals surface area contributed by atoms with Gasteiger partial charge in [0.05, 0.1) is 5.54 Å². The van der Waals surface area contributed by atoms with E-state index >= 15 is 0 Å². The van der Waals surface area contributed by atoms with Crippen LogP contribution in [0.5, 0.6) is 0 Å². The maximum absolute atomic E-state index is 13.0. The molecule has 0 aliphatic heterocycles. The fourth-order valence-corrected chi connectivity index (χ4v) is 2.91. The van der Waals surface area contributed by atoms with Gasteiger partial charge in [0.25, 0.3) is 11.8 Å². The molecule has 0 heterocycles. The van der Waals surface area contributed by atoms with Gasteiger partial charge in [-0.25, -0.2) is 5.01 Å². The van der Waals surface area contributed by atoms with Crippen LogP contribution in [-0.4, -0.2) is 22.4 Å². The molecule has 6 heteroatoms. The lowest BCUT2D eigenvalue weighted by Gasteiger charge is -2.35. The van der Waals surface area contributed by atoms with E-state index in [1.54, 1.807) is 18.2 Å². The number of hydrogen-bond acceptors (Lipinski definition) is 2. The summed E-state index contributed by atoms with van der Waals surface area (Å²) in [5.74, 6) is -0.746. The molecule has 0 radical (unpaired) electrons. The lowest BCUT2D eigenvalue weighted by molar-refractivity contribution is 0.0358. The van der Waals surface area contributed by atoms with E-state index in [9.17, 15) is 9.59 Å². The Balaban J connectivity index is 2.29. The zero-order valence-electron chi connectivity index (χ0n) is 15.3. The molecule has 0 aliphatic rings. The average molecular weight is 393 g/mol. The molecule has 0 aromatic heterocycles. The monoisotopic (exact) mass is 392 g/mol. The summed E-state index contributed by atoms with van der Waals surface area (Å²) in [6.45, 7) is 7.54. The first-order valence-electron chi connectivity index (χ1n) is 8.32. The maximum Gasteiger partial charge on any atom is 0.272 e. The van der Waals surface area contributed by atoms with Crippen molar-refractivity contribution in [3.05, 3.63) is 69.2 Å². The Morgan fingerprint density at radius 2 is 1.50 bits per heavy atom. The largest absolute Gasteiger partial charge is 0.272 e. The minimum absolute atomic E-state index is 0.305. The summed E-state index contributed by atoms with van der Waals surface area (Å²) in [6.07, 6.45) is 0.893. The molecule has 2 aromatic carbocycles. The molecule has 0 saturated carbocycles. The fraction of sp³-hybridized carbons (Fsp3) is 0.300. The van der Waals surface area contributed by atoms with Gasteiger partial charge in [0.2, 0.25) is 0 Å². The van der Waals surface area contributed by atoms with Crippen LogP contribution in [0.25, 0.3) is 0 Å². The molecule has 138 valence electrons. The molecule has 0 bridgehead atoms. The van der Waals surface area contributed by atoms with E-state index in [1.807, 2.05) is 39.8 Å². The van der Waals surface area contributed by atoms with Crippen LogP contribution in [0.1, 0.15) is 54.0 Å². The molecule has 0 fully saturated rings. The van der Waals surface area contributed by atoms with Gasteiger partial charge in [0, 0.05) is 21.2 Å². The Morgan fingerprint density at radius 3 is 1.96 bits per heavy atom. The van der Waals surface area contributed by atoms with Gasteiger partial charge in [-0.1, -0.05) is 42.3 Å². The first-order valence-corrected chi connectivity index (χ1v) is 9.08. The van der Waals surface area contributed by atoms with Crippen LogP contribution >= 0.6 is 23.2 Å². The Labute approximate surface area is 164 Å². The molecule has 2 rings (SSSR count). The number of hydrazine groups is 1. The van der Waals surface area contributed by atoms with Crippen molar-refractivity contribution in [1.29, 1.82) is 0 Å². The molecular formula is C20H22Cl2N2O2. The highest BCUT2D eigenvalue weighted by molar-refractivity contribution is 6.35. The second-order valence-electron chi connectivity index (χ2n) is 6.96. The molecule has 0 aliphatic carbocycles. The first-order chi connectivity index (χ1) is 12.1. The quantitative estimate of drug-likeness (QED) is 0.734. The summed E-state index contributed by atoms with van der Waals surface area (Å²) in [4.78, 5) is 25.6. The third kappa shape index (κ3) is 4.99. The number of aryl methyl sites for hydroxylation is 1. The summed E-state index contributed by atoms with van der Waals surface area (Å²) in [6, 6.07) is 11.9. The zero-order chi connectivity index (χ0) is 19.5. The third-order valence-electron chi connectivity index (χ3n) is 3.82. The van der Waals surface area contributed by atoms with Crippen molar-refractivity contribution in [1.82, 2.24) is 10.4 Å². The number of carbonyl (C=O) groups is 2. The number of benzene rings is 2. The number of hydrogen-bond donors (Lipinski definition) is 1. The van der Waals surface area contributed by atoms with E-state index in [0.29, 0.717) is 21.2 Å². The van der Waals surface area contributed by atoms with Gasteiger partial charge in [-0.3, -0.25) is 15.0 Å². The van der Waals surface area contributed by atoms with Crippen LogP contribution in [0.4, 0.5) is 0 Å². The highest BCUT2D eigenvalue weighted by Gasteiger charge is 2.30. The van der Waals surface area contributed by atoms with Gasteiger partial charge in [0.1, 0.15) is 0 Å². The molecule has 2 aromatic rings. The van der Waals surface area contributed by atoms with Crippen LogP contribution < -0.4 is 5.43 Å². The van der Waals surface area contributed by atoms with Crippen molar-refractivity contribution in [3.8, 4) is 0 Å². The molecule has 0 spiro atoms. The zero-order valence-corrected chi connectivity index (χ0v) is 16.8. The summed E-state index contributed by atoms with van der Waals surface area (Å²) >= 11 is 12.0. The van der Waals surface area contributed by atoms with E-state index in [0.717, 1.165) is 12.0 Å². The predicted molar refractivity (Wildman–Crippen MR) is 106 cm³/mol. The smallest absolute Gasteiger partial charge is 0.267 e. The van der Waals surface area contributed by atoms with Crippen LogP contribution in [0.3, 0.4) is 0 Å². The van der Waals surface area contributed by atoms with E-state index in [4.69, 9.17) is 23.2 Å². The summed E-state index contributed by atoms with van der Waals surface area (Å²) < 4.78 is 0. The summed E-state index contributed by atoms with van der Waals surface area (Å²) in [7, 11) is 0. The molecule has 0 unspecified atom stereocenters. The van der Waals surface area contributed by atoms with E-state index in [1.165, 1.54) is 17.1 Å². The number of nitrogens with one attached hydrogen (secondary N) is 1. The van der Waals surface area contributed by atoms with Crippen LogP contribution in [0, 0.1) is 0 Å². The van der Waals surface area contributed by atoms with Crippen LogP contribution in [0.2, 0.25) is 10.0 Å². The van der Waals surface area contributed by atoms with Crippen LogP contribution in [-0.2, 0) is 6.42 Å². The molecule has 4 nitrogen and oxygen atoms in total. The number of halogens is 2. The van der Waals surface area contributed by atoms with E-state index in [-0.39, 0.29) is 11.8 Å². The normalized spacial score (nSPS) is 11.2. The maximum atomic E-state index is 13.0. The number of amides is 2. The minimum atomic E-state index is -0.648. The van der Waals surface area contributed by atoms with Crippen LogP contribution in [0.15, 0.2) is 42.5 Å². The second kappa shape index (κ2) is 8.11. The van der Waals surface area contributed by atoms with Gasteiger partial charge in [-0.2, -0.15) is 0 Å². The molecule has 0 atom stereocenters. The number of carbonyl (C=O) groups excluding carboxylic acids is 2. The molecule has 1 N–H and O–H groups in total. The molecular weight excluding hydrogens is 371 g/mol. The van der Waals surface area contributed by atoms with Crippen molar-refractivity contribution in [3.63, 3.8) is 0 Å². The summed E-state index contributed by atoms with van der Waals surface area (Å²) in [5, 5.41) is 2.01. The van der Waals surface area contributed by atoms with Crippen molar-refractivity contribution < 1.29 is 9.59 Å². The molecule has 2 amide bonds. The Hall–Kier alpha value is -2.04. The topological polar surface area (TPSA) is 49.4 Å². The van der Waals surface area contributed by atoms with Gasteiger partial charge in [0.15, 0.2) is 0 Å². The van der Waals surface area contributed by atoms with E-state index < -0.39 is 5.54 Å². The highest BCUT2D eigenvalue weighted by atomic mass is 35.5. The van der Waals surface area contributed by atoms with Gasteiger partial charge < -0.3 is 0 Å². The van der Waals surface area contributed by atoms with Gasteiger partial charge >= 0.3 is 0 Å². The lowest BCUT2D eigenvalue weighted by Crippen LogP contribution is -2.55. The number of nitrogens with zero attached hydrogens (tertiary/aromatic N) is 1. The lowest BCUT2D eigenvalue weighted by atomic mass is 10.1. The van der Waals surface area contributed by atoms with Crippen molar-refractivity contribution in [2.45, 2.75) is 39.7 Å². The average Bonchev–Trinajstić information content (AvgIpc) is 2.57. The standard InChI is InChI=1S/C20H22Cl2N2O2/c1-5-13-6-8-14(9-7-13)18(25)23-24(20(2,3)4)19(26)15-10-16(21)12-17(22)11-15/h6-12H,5H2,1-4H3,(H,23,25). The van der Waals surface area contributed by atoms with Gasteiger partial charge in [-0.15, -0.1) is 0 Å². The SMILES string of the molecule is CCc1ccc(C(=O)NN(C(=O)c2cc(Cl)cc(Cl)c2)C(C)(C)C)cc1. The Kier molecular flexibility index (Phi) is 6.32. The Bertz CT molecular complexity index is 791.